The molecule has 0 bridgehead atoms. The maximum absolute atomic E-state index is 11.2. The Kier molecular flexibility index (Phi) is 7.43. The largest absolute Gasteiger partial charge is 0.326 e. The summed E-state index contributed by atoms with van der Waals surface area (Å²) in [6.45, 7) is 9.56. The van der Waals surface area contributed by atoms with Crippen LogP contribution in [-0.2, 0) is 4.79 Å². The number of carbonyl (C=O) groups excluding carboxylic acids is 2. The van der Waals surface area contributed by atoms with E-state index in [1.807, 2.05) is 39.0 Å². The number of rotatable bonds is 4. The van der Waals surface area contributed by atoms with Gasteiger partial charge in [-0.15, -0.1) is 0 Å². The second-order valence-corrected chi connectivity index (χ2v) is 3.19. The highest BCUT2D eigenvalue weighted by Crippen LogP contribution is 2.09. The van der Waals surface area contributed by atoms with Crippen molar-refractivity contribution in [2.75, 3.05) is 0 Å². The van der Waals surface area contributed by atoms with Crippen molar-refractivity contribution in [1.82, 2.24) is 10.6 Å². The van der Waals surface area contributed by atoms with Crippen molar-refractivity contribution >= 4 is 11.9 Å². The van der Waals surface area contributed by atoms with Crippen LogP contribution in [0.25, 0.3) is 0 Å². The van der Waals surface area contributed by atoms with E-state index in [-0.39, 0.29) is 5.91 Å². The molecule has 1 aliphatic rings. The number of carbonyl (C=O) groups is 2. The summed E-state index contributed by atoms with van der Waals surface area (Å²) in [5.41, 5.74) is 0.912. The first kappa shape index (κ1) is 15.2. The van der Waals surface area contributed by atoms with Gasteiger partial charge in [-0.2, -0.15) is 0 Å². The van der Waals surface area contributed by atoms with Gasteiger partial charge >= 0.3 is 6.03 Å². The van der Waals surface area contributed by atoms with E-state index in [0.717, 1.165) is 5.57 Å². The minimum atomic E-state index is -0.480. The standard InChI is InChI=1S/C11H14N2O2.C2H6/c1-3-5-6-8(4-2)7-9-10(14)13-11(15)12-9;1-2/h3-6,9H,2,7H2,1H3,(H2,12,13,14,15);1-2H3/b5-3-,8-6+;. The summed E-state index contributed by atoms with van der Waals surface area (Å²) in [5.74, 6) is -0.284. The number of amides is 3. The zero-order valence-electron chi connectivity index (χ0n) is 10.6. The average molecular weight is 236 g/mol. The summed E-state index contributed by atoms with van der Waals surface area (Å²) in [4.78, 5) is 22.1. The molecule has 1 heterocycles. The Morgan fingerprint density at radius 3 is 2.47 bits per heavy atom. The fourth-order valence-corrected chi connectivity index (χ4v) is 1.28. The van der Waals surface area contributed by atoms with Gasteiger partial charge in [0, 0.05) is 6.42 Å². The zero-order chi connectivity index (χ0) is 13.3. The maximum atomic E-state index is 11.2. The summed E-state index contributed by atoms with van der Waals surface area (Å²) in [6, 6.07) is -0.911. The van der Waals surface area contributed by atoms with Crippen molar-refractivity contribution in [2.24, 2.45) is 0 Å². The molecule has 2 N–H and O–H groups in total. The fraction of sp³-hybridized carbons (Fsp3) is 0.385. The van der Waals surface area contributed by atoms with Gasteiger partial charge < -0.3 is 5.32 Å². The molecular formula is C13H20N2O2. The Morgan fingerprint density at radius 2 is 2.06 bits per heavy atom. The molecule has 0 aromatic carbocycles. The van der Waals surface area contributed by atoms with Crippen molar-refractivity contribution in [1.29, 1.82) is 0 Å². The second kappa shape index (κ2) is 8.33. The lowest BCUT2D eigenvalue weighted by Crippen LogP contribution is -2.28. The fourth-order valence-electron chi connectivity index (χ4n) is 1.28. The normalized spacial score (nSPS) is 19.5. The van der Waals surface area contributed by atoms with Crippen LogP contribution in [0.4, 0.5) is 4.79 Å². The van der Waals surface area contributed by atoms with Crippen LogP contribution in [-0.4, -0.2) is 18.0 Å². The van der Waals surface area contributed by atoms with E-state index in [9.17, 15) is 9.59 Å². The van der Waals surface area contributed by atoms with Crippen LogP contribution in [0, 0.1) is 0 Å². The molecule has 0 spiro atoms. The van der Waals surface area contributed by atoms with Gasteiger partial charge in [-0.3, -0.25) is 10.1 Å². The Labute approximate surface area is 102 Å². The number of imide groups is 1. The van der Waals surface area contributed by atoms with Gasteiger partial charge in [0.2, 0.25) is 0 Å². The van der Waals surface area contributed by atoms with E-state index >= 15 is 0 Å². The Hall–Kier alpha value is -1.84. The summed E-state index contributed by atoms with van der Waals surface area (Å²) in [7, 11) is 0. The van der Waals surface area contributed by atoms with Crippen LogP contribution in [0.5, 0.6) is 0 Å². The topological polar surface area (TPSA) is 58.2 Å². The van der Waals surface area contributed by atoms with Gasteiger partial charge in [0.15, 0.2) is 0 Å². The number of hydrogen-bond donors (Lipinski definition) is 2. The van der Waals surface area contributed by atoms with Gasteiger partial charge in [-0.1, -0.05) is 44.7 Å². The summed E-state index contributed by atoms with van der Waals surface area (Å²) >= 11 is 0. The summed E-state index contributed by atoms with van der Waals surface area (Å²) in [6.07, 6.45) is 7.76. The van der Waals surface area contributed by atoms with Crippen LogP contribution in [0.15, 0.2) is 36.5 Å². The highest BCUT2D eigenvalue weighted by atomic mass is 16.2. The third kappa shape index (κ3) is 5.15. The number of allylic oxidation sites excluding steroid dienone is 4. The van der Waals surface area contributed by atoms with Gasteiger partial charge in [0.1, 0.15) is 6.04 Å². The van der Waals surface area contributed by atoms with Gasteiger partial charge in [-0.05, 0) is 12.5 Å². The van der Waals surface area contributed by atoms with Crippen LogP contribution in [0.3, 0.4) is 0 Å². The third-order valence-corrected chi connectivity index (χ3v) is 2.06. The molecule has 1 aliphatic heterocycles. The predicted molar refractivity (Wildman–Crippen MR) is 69.5 cm³/mol. The van der Waals surface area contributed by atoms with Crippen LogP contribution in [0.2, 0.25) is 0 Å². The molecule has 4 heteroatoms. The van der Waals surface area contributed by atoms with Crippen molar-refractivity contribution in [3.8, 4) is 0 Å². The van der Waals surface area contributed by atoms with Gasteiger partial charge in [0.25, 0.3) is 5.91 Å². The lowest BCUT2D eigenvalue weighted by molar-refractivity contribution is -0.120. The first-order valence-corrected chi connectivity index (χ1v) is 5.73. The summed E-state index contributed by atoms with van der Waals surface area (Å²) < 4.78 is 0. The molecule has 0 aromatic rings. The lowest BCUT2D eigenvalue weighted by atomic mass is 10.1. The minimum absolute atomic E-state index is 0.284. The molecule has 1 unspecified atom stereocenters. The van der Waals surface area contributed by atoms with Crippen LogP contribution >= 0.6 is 0 Å². The van der Waals surface area contributed by atoms with Gasteiger partial charge in [-0.25, -0.2) is 4.79 Å². The Bertz CT molecular complexity index is 343. The van der Waals surface area contributed by atoms with E-state index in [0.29, 0.717) is 6.42 Å². The molecule has 1 rings (SSSR count). The van der Waals surface area contributed by atoms with Crippen LogP contribution in [0.1, 0.15) is 27.2 Å². The predicted octanol–water partition coefficient (Wildman–Crippen LogP) is 2.30. The van der Waals surface area contributed by atoms with Crippen molar-refractivity contribution in [3.63, 3.8) is 0 Å². The van der Waals surface area contributed by atoms with E-state index in [2.05, 4.69) is 17.2 Å². The molecule has 1 fully saturated rings. The first-order chi connectivity index (χ1) is 8.17. The maximum Gasteiger partial charge on any atom is 0.322 e. The molecule has 0 aliphatic carbocycles. The first-order valence-electron chi connectivity index (χ1n) is 5.73. The average Bonchev–Trinajstić information content (AvgIpc) is 2.65. The van der Waals surface area contributed by atoms with E-state index in [1.54, 1.807) is 6.08 Å². The van der Waals surface area contributed by atoms with Gasteiger partial charge in [0.05, 0.1) is 0 Å². The molecule has 4 nitrogen and oxygen atoms in total. The highest BCUT2D eigenvalue weighted by molar-refractivity contribution is 6.04. The number of urea groups is 1. The highest BCUT2D eigenvalue weighted by Gasteiger charge is 2.29. The molecule has 0 saturated carbocycles. The monoisotopic (exact) mass is 236 g/mol. The molecule has 0 aromatic heterocycles. The zero-order valence-corrected chi connectivity index (χ0v) is 10.6. The SMILES string of the molecule is C=C/C(=C\C=C/C)CC1NC(=O)NC1=O.CC. The van der Waals surface area contributed by atoms with E-state index in [1.165, 1.54) is 0 Å². The van der Waals surface area contributed by atoms with Crippen molar-refractivity contribution in [3.05, 3.63) is 36.5 Å². The number of nitrogens with one attached hydrogen (secondary N) is 2. The Balaban J connectivity index is 0.00000121. The molecule has 1 saturated heterocycles. The minimum Gasteiger partial charge on any atom is -0.326 e. The molecule has 3 amide bonds. The Morgan fingerprint density at radius 1 is 1.41 bits per heavy atom. The second-order valence-electron chi connectivity index (χ2n) is 3.19. The molecular weight excluding hydrogens is 216 g/mol. The smallest absolute Gasteiger partial charge is 0.322 e. The third-order valence-electron chi connectivity index (χ3n) is 2.06. The molecule has 1 atom stereocenters. The number of hydrogen-bond acceptors (Lipinski definition) is 2. The van der Waals surface area contributed by atoms with Crippen molar-refractivity contribution < 1.29 is 9.59 Å². The molecule has 94 valence electrons. The molecule has 17 heavy (non-hydrogen) atoms. The summed E-state index contributed by atoms with van der Waals surface area (Å²) in [5, 5.41) is 4.72. The molecule has 0 radical (unpaired) electrons. The van der Waals surface area contributed by atoms with Crippen LogP contribution < -0.4 is 10.6 Å². The van der Waals surface area contributed by atoms with E-state index < -0.39 is 12.1 Å². The lowest BCUT2D eigenvalue weighted by Gasteiger charge is -2.06. The quantitative estimate of drug-likeness (QED) is 0.581. The van der Waals surface area contributed by atoms with Crippen molar-refractivity contribution in [2.45, 2.75) is 33.2 Å². The van der Waals surface area contributed by atoms with E-state index in [4.69, 9.17) is 0 Å².